The fourth-order valence-electron chi connectivity index (χ4n) is 4.67. The molecule has 4 aromatic heterocycles. The molecule has 0 unspecified atom stereocenters. The lowest BCUT2D eigenvalue weighted by Crippen LogP contribution is -2.37. The van der Waals surface area contributed by atoms with E-state index in [1.54, 1.807) is 30.6 Å². The number of nitrogens with one attached hydrogen (secondary N) is 1. The predicted molar refractivity (Wildman–Crippen MR) is 152 cm³/mol. The zero-order chi connectivity index (χ0) is 27.9. The van der Waals surface area contributed by atoms with Gasteiger partial charge in [-0.1, -0.05) is 6.08 Å². The van der Waals surface area contributed by atoms with Crippen LogP contribution in [0.3, 0.4) is 0 Å². The maximum Gasteiger partial charge on any atom is 0.324 e. The van der Waals surface area contributed by atoms with E-state index in [-0.39, 0.29) is 11.8 Å². The van der Waals surface area contributed by atoms with Gasteiger partial charge in [0.25, 0.3) is 0 Å². The zero-order valence-corrected chi connectivity index (χ0v) is 23.4. The third-order valence-electron chi connectivity index (χ3n) is 6.97. The Morgan fingerprint density at radius 2 is 1.82 bits per heavy atom. The minimum Gasteiger partial charge on any atom is -0.451 e. The average molecular weight is 566 g/mol. The van der Waals surface area contributed by atoms with Crippen LogP contribution in [0, 0.1) is 0 Å². The number of nitrogens with zero attached hydrogens (tertiary/aromatic N) is 8. The first-order chi connectivity index (χ1) is 19.3. The van der Waals surface area contributed by atoms with Crippen LogP contribution in [0.4, 0.5) is 17.6 Å². The summed E-state index contributed by atoms with van der Waals surface area (Å²) in [5.74, 6) is 1.83. The standard InChI is InChI=1S/C26H31N9O4S/c1-32(2)40(36,37)35-23(17-20(31-35)18-4-8-27-9-5-18)29-26-28-21-16-22(19-6-10-33(3)11-7-19)39-24(21)25(30-26)34-12-14-38-15-13-34/h4-6,8-9,16-17H,7,10-15H2,1-3H3,(H,28,29,30). The van der Waals surface area contributed by atoms with Gasteiger partial charge in [-0.15, -0.1) is 4.09 Å². The van der Waals surface area contributed by atoms with Gasteiger partial charge in [0.2, 0.25) is 5.95 Å². The normalized spacial score (nSPS) is 17.0. The Labute approximate surface area is 232 Å². The van der Waals surface area contributed by atoms with Gasteiger partial charge in [-0.3, -0.25) is 4.98 Å². The van der Waals surface area contributed by atoms with E-state index >= 15 is 0 Å². The van der Waals surface area contributed by atoms with Gasteiger partial charge in [-0.2, -0.15) is 22.8 Å². The van der Waals surface area contributed by atoms with Crippen molar-refractivity contribution < 1.29 is 17.6 Å². The molecule has 0 bridgehead atoms. The largest absolute Gasteiger partial charge is 0.451 e. The Morgan fingerprint density at radius 1 is 1.05 bits per heavy atom. The lowest BCUT2D eigenvalue weighted by Gasteiger charge is -2.27. The van der Waals surface area contributed by atoms with E-state index in [1.807, 2.05) is 6.07 Å². The van der Waals surface area contributed by atoms with Gasteiger partial charge < -0.3 is 24.3 Å². The number of anilines is 3. The lowest BCUT2D eigenvalue weighted by molar-refractivity contribution is 0.122. The molecule has 0 amide bonds. The monoisotopic (exact) mass is 565 g/mol. The molecule has 1 saturated heterocycles. The topological polar surface area (TPSA) is 135 Å². The van der Waals surface area contributed by atoms with Crippen molar-refractivity contribution in [3.63, 3.8) is 0 Å². The van der Waals surface area contributed by atoms with E-state index < -0.39 is 10.2 Å². The molecule has 210 valence electrons. The summed E-state index contributed by atoms with van der Waals surface area (Å²) in [6.07, 6.45) is 6.31. The van der Waals surface area contributed by atoms with Gasteiger partial charge in [-0.25, -0.2) is 4.98 Å². The number of aromatic nitrogens is 5. The maximum absolute atomic E-state index is 13.2. The fourth-order valence-corrected chi connectivity index (χ4v) is 5.52. The molecule has 2 aliphatic heterocycles. The Morgan fingerprint density at radius 3 is 2.52 bits per heavy atom. The third-order valence-corrected chi connectivity index (χ3v) is 8.61. The van der Waals surface area contributed by atoms with Gasteiger partial charge in [-0.05, 0) is 31.2 Å². The van der Waals surface area contributed by atoms with Crippen molar-refractivity contribution in [3.8, 4) is 11.3 Å². The van der Waals surface area contributed by atoms with E-state index in [9.17, 15) is 8.42 Å². The van der Waals surface area contributed by atoms with Crippen LogP contribution in [0.15, 0.2) is 47.2 Å². The summed E-state index contributed by atoms with van der Waals surface area (Å²) >= 11 is 0. The molecule has 0 aromatic carbocycles. The Balaban J connectivity index is 1.45. The molecule has 1 fully saturated rings. The van der Waals surface area contributed by atoms with Crippen molar-refractivity contribution in [3.05, 3.63) is 48.5 Å². The smallest absolute Gasteiger partial charge is 0.324 e. The third kappa shape index (κ3) is 5.06. The molecule has 0 spiro atoms. The first-order valence-electron chi connectivity index (χ1n) is 13.0. The number of furan rings is 1. The van der Waals surface area contributed by atoms with Crippen molar-refractivity contribution in [2.75, 3.05) is 70.8 Å². The fraction of sp³-hybridized carbons (Fsp3) is 0.385. The van der Waals surface area contributed by atoms with Crippen LogP contribution in [0.5, 0.6) is 0 Å². The van der Waals surface area contributed by atoms with E-state index in [1.165, 1.54) is 14.1 Å². The number of morpholine rings is 1. The maximum atomic E-state index is 13.2. The van der Waals surface area contributed by atoms with Crippen molar-refractivity contribution in [2.45, 2.75) is 6.42 Å². The van der Waals surface area contributed by atoms with E-state index in [0.29, 0.717) is 48.9 Å². The van der Waals surface area contributed by atoms with E-state index in [2.05, 4.69) is 38.3 Å². The van der Waals surface area contributed by atoms with E-state index in [4.69, 9.17) is 19.1 Å². The number of hydrogen-bond acceptors (Lipinski definition) is 11. The van der Waals surface area contributed by atoms with Crippen molar-refractivity contribution in [2.24, 2.45) is 0 Å². The van der Waals surface area contributed by atoms with Crippen LogP contribution in [0.2, 0.25) is 0 Å². The highest BCUT2D eigenvalue weighted by atomic mass is 32.2. The van der Waals surface area contributed by atoms with Crippen LogP contribution in [0.1, 0.15) is 12.2 Å². The van der Waals surface area contributed by atoms with Gasteiger partial charge in [0, 0.05) is 70.4 Å². The molecule has 6 heterocycles. The summed E-state index contributed by atoms with van der Waals surface area (Å²) in [6, 6.07) is 7.12. The Hall–Kier alpha value is -3.85. The number of pyridine rings is 1. The molecular formula is C26H31N9O4S. The van der Waals surface area contributed by atoms with E-state index in [0.717, 1.165) is 44.8 Å². The number of fused-ring (bicyclic) bond motifs is 1. The summed E-state index contributed by atoms with van der Waals surface area (Å²) in [5, 5.41) is 7.53. The molecule has 0 aliphatic carbocycles. The first-order valence-corrected chi connectivity index (χ1v) is 14.4. The molecule has 13 nitrogen and oxygen atoms in total. The second-order valence-electron chi connectivity index (χ2n) is 9.95. The highest BCUT2D eigenvalue weighted by Crippen LogP contribution is 2.34. The van der Waals surface area contributed by atoms with Crippen molar-refractivity contribution in [1.82, 2.24) is 33.3 Å². The minimum absolute atomic E-state index is 0.203. The summed E-state index contributed by atoms with van der Waals surface area (Å²) in [5.41, 5.74) is 3.54. The minimum atomic E-state index is -3.95. The lowest BCUT2D eigenvalue weighted by atomic mass is 10.1. The van der Waals surface area contributed by atoms with Crippen LogP contribution in [-0.4, -0.2) is 102 Å². The molecule has 2 aliphatic rings. The number of hydrogen-bond donors (Lipinski definition) is 1. The number of ether oxygens (including phenoxy) is 1. The van der Waals surface area contributed by atoms with Gasteiger partial charge in [0.1, 0.15) is 17.1 Å². The molecular weight excluding hydrogens is 534 g/mol. The highest BCUT2D eigenvalue weighted by molar-refractivity contribution is 7.87. The molecule has 0 radical (unpaired) electrons. The second kappa shape index (κ2) is 10.6. The highest BCUT2D eigenvalue weighted by Gasteiger charge is 2.26. The molecule has 40 heavy (non-hydrogen) atoms. The van der Waals surface area contributed by atoms with Crippen LogP contribution >= 0.6 is 0 Å². The zero-order valence-electron chi connectivity index (χ0n) is 22.6. The quantitative estimate of drug-likeness (QED) is 0.354. The van der Waals surface area contributed by atoms with Crippen LogP contribution in [0.25, 0.3) is 27.9 Å². The second-order valence-corrected chi connectivity index (χ2v) is 11.9. The number of likely N-dealkylation sites (N-methyl/N-ethyl adjacent to an activating group) is 1. The molecule has 1 N–H and O–H groups in total. The first kappa shape index (κ1) is 26.4. The Kier molecular flexibility index (Phi) is 7.00. The summed E-state index contributed by atoms with van der Waals surface area (Å²) in [4.78, 5) is 17.9. The molecule has 0 saturated carbocycles. The summed E-state index contributed by atoms with van der Waals surface area (Å²) in [6.45, 7) is 4.24. The SMILES string of the molecule is CN1CC=C(c2cc3nc(Nc4cc(-c5ccncc5)nn4S(=O)(=O)N(C)C)nc(N4CCOCC4)c3o2)CC1. The summed E-state index contributed by atoms with van der Waals surface area (Å²) in [7, 11) is 1.05. The molecule has 4 aromatic rings. The predicted octanol–water partition coefficient (Wildman–Crippen LogP) is 2.43. The molecule has 6 rings (SSSR count). The van der Waals surface area contributed by atoms with Gasteiger partial charge >= 0.3 is 10.2 Å². The van der Waals surface area contributed by atoms with Crippen molar-refractivity contribution in [1.29, 1.82) is 0 Å². The van der Waals surface area contributed by atoms with Gasteiger partial charge in [0.15, 0.2) is 11.4 Å². The molecule has 14 heteroatoms. The summed E-state index contributed by atoms with van der Waals surface area (Å²) < 4.78 is 40.4. The van der Waals surface area contributed by atoms with Gasteiger partial charge in [0.05, 0.1) is 18.9 Å². The number of rotatable bonds is 7. The van der Waals surface area contributed by atoms with Crippen LogP contribution in [-0.2, 0) is 14.9 Å². The molecule has 0 atom stereocenters. The average Bonchev–Trinajstić information content (AvgIpc) is 3.59. The van der Waals surface area contributed by atoms with Crippen molar-refractivity contribution >= 4 is 44.5 Å². The Bertz CT molecular complexity index is 1660. The van der Waals surface area contributed by atoms with Crippen LogP contribution < -0.4 is 10.2 Å².